The third-order valence-electron chi connectivity index (χ3n) is 3.91. The molecule has 1 heterocycles. The van der Waals surface area contributed by atoms with Crippen molar-refractivity contribution in [3.8, 4) is 0 Å². The van der Waals surface area contributed by atoms with Crippen LogP contribution in [0.3, 0.4) is 0 Å². The average molecular weight is 299 g/mol. The van der Waals surface area contributed by atoms with Gasteiger partial charge in [0.1, 0.15) is 10.7 Å². The molecule has 110 valence electrons. The molecule has 0 spiro atoms. The van der Waals surface area contributed by atoms with Gasteiger partial charge in [-0.25, -0.2) is 12.8 Å². The summed E-state index contributed by atoms with van der Waals surface area (Å²) in [5.74, 6) is -0.746. The van der Waals surface area contributed by atoms with Crippen LogP contribution in [0, 0.1) is 5.82 Å². The van der Waals surface area contributed by atoms with Crippen molar-refractivity contribution in [1.82, 2.24) is 9.21 Å². The molecule has 1 aromatic rings. The number of nitrogens with two attached hydrogens (primary N) is 1. The molecular formula is C13H18FN3O2S. The molecule has 20 heavy (non-hydrogen) atoms. The number of hydrogen-bond donors (Lipinski definition) is 1. The van der Waals surface area contributed by atoms with Gasteiger partial charge in [0.05, 0.1) is 0 Å². The fraction of sp³-hybridized carbons (Fsp3) is 0.538. The lowest BCUT2D eigenvalue weighted by Crippen LogP contribution is -2.49. The van der Waals surface area contributed by atoms with Crippen molar-refractivity contribution in [3.63, 3.8) is 0 Å². The zero-order chi connectivity index (χ0) is 14.3. The molecule has 2 fully saturated rings. The number of hydrogen-bond acceptors (Lipinski definition) is 4. The van der Waals surface area contributed by atoms with Gasteiger partial charge in [-0.05, 0) is 31.0 Å². The highest BCUT2D eigenvalue weighted by molar-refractivity contribution is 7.89. The fourth-order valence-electron chi connectivity index (χ4n) is 2.61. The zero-order valence-corrected chi connectivity index (χ0v) is 11.9. The highest BCUT2D eigenvalue weighted by Gasteiger charge is 2.35. The first kappa shape index (κ1) is 13.8. The second kappa shape index (κ2) is 4.98. The normalized spacial score (nSPS) is 22.1. The predicted molar refractivity (Wildman–Crippen MR) is 74.2 cm³/mol. The Kier molecular flexibility index (Phi) is 3.43. The second-order valence-electron chi connectivity index (χ2n) is 5.36. The first-order chi connectivity index (χ1) is 9.48. The Hall–Kier alpha value is -1.18. The summed E-state index contributed by atoms with van der Waals surface area (Å²) in [5, 5.41) is 0. The minimum atomic E-state index is -3.79. The van der Waals surface area contributed by atoms with Crippen LogP contribution in [0.4, 0.5) is 10.1 Å². The van der Waals surface area contributed by atoms with Gasteiger partial charge in [0.25, 0.3) is 0 Å². The number of halogens is 1. The van der Waals surface area contributed by atoms with Gasteiger partial charge in [0.2, 0.25) is 10.0 Å². The van der Waals surface area contributed by atoms with Gasteiger partial charge in [-0.15, -0.1) is 0 Å². The van der Waals surface area contributed by atoms with E-state index in [9.17, 15) is 12.8 Å². The molecule has 0 bridgehead atoms. The highest BCUT2D eigenvalue weighted by atomic mass is 32.2. The number of sulfonamides is 1. The summed E-state index contributed by atoms with van der Waals surface area (Å²) >= 11 is 0. The summed E-state index contributed by atoms with van der Waals surface area (Å²) in [6.45, 7) is 2.25. The van der Waals surface area contributed by atoms with Crippen molar-refractivity contribution in [2.24, 2.45) is 0 Å². The van der Waals surface area contributed by atoms with Gasteiger partial charge in [-0.3, -0.25) is 4.90 Å². The monoisotopic (exact) mass is 299 g/mol. The van der Waals surface area contributed by atoms with E-state index < -0.39 is 15.8 Å². The van der Waals surface area contributed by atoms with Crippen LogP contribution < -0.4 is 5.73 Å². The van der Waals surface area contributed by atoms with Gasteiger partial charge < -0.3 is 5.73 Å². The third-order valence-corrected chi connectivity index (χ3v) is 5.82. The van der Waals surface area contributed by atoms with Crippen LogP contribution in [0.25, 0.3) is 0 Å². The molecule has 0 unspecified atom stereocenters. The van der Waals surface area contributed by atoms with Crippen LogP contribution in [0.5, 0.6) is 0 Å². The van der Waals surface area contributed by atoms with Crippen LogP contribution in [-0.2, 0) is 10.0 Å². The molecule has 0 aromatic heterocycles. The molecule has 1 saturated carbocycles. The molecule has 2 N–H and O–H groups in total. The van der Waals surface area contributed by atoms with Crippen molar-refractivity contribution >= 4 is 15.7 Å². The summed E-state index contributed by atoms with van der Waals surface area (Å²) in [6, 6.07) is 4.28. The number of anilines is 1. The van der Waals surface area contributed by atoms with Crippen LogP contribution >= 0.6 is 0 Å². The van der Waals surface area contributed by atoms with Crippen LogP contribution in [-0.4, -0.2) is 49.8 Å². The van der Waals surface area contributed by atoms with Crippen LogP contribution in [0.1, 0.15) is 12.8 Å². The number of benzene rings is 1. The molecule has 1 aliphatic carbocycles. The summed E-state index contributed by atoms with van der Waals surface area (Å²) in [5.41, 5.74) is 5.82. The van der Waals surface area contributed by atoms with E-state index in [0.717, 1.165) is 6.07 Å². The molecule has 0 atom stereocenters. The van der Waals surface area contributed by atoms with Crippen LogP contribution in [0.2, 0.25) is 0 Å². The maximum atomic E-state index is 13.8. The van der Waals surface area contributed by atoms with Crippen molar-refractivity contribution in [2.45, 2.75) is 23.8 Å². The summed E-state index contributed by atoms with van der Waals surface area (Å²) in [4.78, 5) is 1.99. The molecule has 5 nitrogen and oxygen atoms in total. The minimum Gasteiger partial charge on any atom is -0.399 e. The molecule has 1 aliphatic heterocycles. The van der Waals surface area contributed by atoms with Gasteiger partial charge in [0, 0.05) is 37.9 Å². The Balaban J connectivity index is 1.79. The topological polar surface area (TPSA) is 66.6 Å². The number of piperazine rings is 1. The number of rotatable bonds is 3. The van der Waals surface area contributed by atoms with E-state index in [1.165, 1.54) is 29.3 Å². The smallest absolute Gasteiger partial charge is 0.246 e. The SMILES string of the molecule is Nc1ccc(F)c(S(=O)(=O)N2CCN(C3CC3)CC2)c1. The Bertz CT molecular complexity index is 608. The van der Waals surface area contributed by atoms with E-state index in [2.05, 4.69) is 4.90 Å². The van der Waals surface area contributed by atoms with Crippen molar-refractivity contribution < 1.29 is 12.8 Å². The Labute approximate surface area is 118 Å². The predicted octanol–water partition coefficient (Wildman–Crippen LogP) is 0.877. The molecule has 2 aliphatic rings. The largest absolute Gasteiger partial charge is 0.399 e. The second-order valence-corrected chi connectivity index (χ2v) is 7.27. The molecule has 3 rings (SSSR count). The standard InChI is InChI=1S/C13H18FN3O2S/c14-12-4-1-10(15)9-13(12)20(18,19)17-7-5-16(6-8-17)11-2-3-11/h1,4,9,11H,2-3,5-8,15H2. The third kappa shape index (κ3) is 2.53. The minimum absolute atomic E-state index is 0.251. The van der Waals surface area contributed by atoms with E-state index in [0.29, 0.717) is 32.2 Å². The lowest BCUT2D eigenvalue weighted by molar-refractivity contribution is 0.180. The van der Waals surface area contributed by atoms with E-state index in [4.69, 9.17) is 5.73 Å². The lowest BCUT2D eigenvalue weighted by atomic mass is 10.3. The highest BCUT2D eigenvalue weighted by Crippen LogP contribution is 2.29. The maximum absolute atomic E-state index is 13.8. The van der Waals surface area contributed by atoms with Crippen molar-refractivity contribution in [2.75, 3.05) is 31.9 Å². The number of nitrogen functional groups attached to an aromatic ring is 1. The van der Waals surface area contributed by atoms with E-state index in [-0.39, 0.29) is 10.6 Å². The van der Waals surface area contributed by atoms with Gasteiger partial charge in [-0.2, -0.15) is 4.31 Å². The Morgan fingerprint density at radius 3 is 2.40 bits per heavy atom. The van der Waals surface area contributed by atoms with Crippen LogP contribution in [0.15, 0.2) is 23.1 Å². The summed E-state index contributed by atoms with van der Waals surface area (Å²) < 4.78 is 40.0. The van der Waals surface area contributed by atoms with Crippen molar-refractivity contribution in [3.05, 3.63) is 24.0 Å². The van der Waals surface area contributed by atoms with E-state index >= 15 is 0 Å². The molecule has 7 heteroatoms. The van der Waals surface area contributed by atoms with Gasteiger partial charge in [0.15, 0.2) is 0 Å². The molecule has 0 radical (unpaired) electrons. The summed E-state index contributed by atoms with van der Waals surface area (Å²) in [6.07, 6.45) is 2.41. The first-order valence-corrected chi connectivity index (χ1v) is 8.22. The van der Waals surface area contributed by atoms with E-state index in [1.54, 1.807) is 0 Å². The molecule has 1 saturated heterocycles. The van der Waals surface area contributed by atoms with E-state index in [1.807, 2.05) is 0 Å². The molecule has 1 aromatic carbocycles. The molecular weight excluding hydrogens is 281 g/mol. The van der Waals surface area contributed by atoms with Gasteiger partial charge >= 0.3 is 0 Å². The fourth-order valence-corrected chi connectivity index (χ4v) is 4.13. The van der Waals surface area contributed by atoms with Crippen molar-refractivity contribution in [1.29, 1.82) is 0 Å². The molecule has 0 amide bonds. The Morgan fingerprint density at radius 2 is 1.80 bits per heavy atom. The number of nitrogens with zero attached hydrogens (tertiary/aromatic N) is 2. The zero-order valence-electron chi connectivity index (χ0n) is 11.1. The lowest BCUT2D eigenvalue weighted by Gasteiger charge is -2.34. The first-order valence-electron chi connectivity index (χ1n) is 6.78. The maximum Gasteiger partial charge on any atom is 0.246 e. The quantitative estimate of drug-likeness (QED) is 0.841. The van der Waals surface area contributed by atoms with Gasteiger partial charge in [-0.1, -0.05) is 0 Å². The Morgan fingerprint density at radius 1 is 1.15 bits per heavy atom. The summed E-state index contributed by atoms with van der Waals surface area (Å²) in [7, 11) is -3.79. The average Bonchev–Trinajstić information content (AvgIpc) is 3.26.